The lowest BCUT2D eigenvalue weighted by Gasteiger charge is -2.21. The minimum atomic E-state index is -0.486. The van der Waals surface area contributed by atoms with Crippen molar-refractivity contribution in [3.8, 4) is 11.3 Å². The fourth-order valence-electron chi connectivity index (χ4n) is 3.54. The van der Waals surface area contributed by atoms with Gasteiger partial charge in [0.15, 0.2) is 0 Å². The Morgan fingerprint density at radius 1 is 1.32 bits per heavy atom. The molecule has 128 valence electrons. The lowest BCUT2D eigenvalue weighted by molar-refractivity contribution is 0.100. The molecule has 4 rings (SSSR count). The highest BCUT2D eigenvalue weighted by Crippen LogP contribution is 2.33. The van der Waals surface area contributed by atoms with Crippen molar-refractivity contribution < 1.29 is 4.79 Å². The second kappa shape index (κ2) is 6.18. The lowest BCUT2D eigenvalue weighted by Crippen LogP contribution is -2.29. The van der Waals surface area contributed by atoms with Crippen molar-refractivity contribution in [2.75, 3.05) is 18.8 Å². The standard InChI is InChI=1S/C18H20N6O/c19-16-15-14(12-5-1-2-6-13(12)17(20)25)23-18(24(15)9-8-22-16)11-4-3-7-21-10-11/h1-2,5-6,8-9,11,21H,3-4,7,10H2,(H2,19,22)(H2,20,25). The number of nitrogens with two attached hydrogens (primary N) is 2. The summed E-state index contributed by atoms with van der Waals surface area (Å²) >= 11 is 0. The molecule has 1 atom stereocenters. The third kappa shape index (κ3) is 2.62. The molecule has 0 spiro atoms. The molecule has 0 saturated carbocycles. The third-order valence-corrected chi connectivity index (χ3v) is 4.72. The summed E-state index contributed by atoms with van der Waals surface area (Å²) in [5.41, 5.74) is 14.2. The molecule has 1 fully saturated rings. The number of nitrogens with zero attached hydrogens (tertiary/aromatic N) is 3. The van der Waals surface area contributed by atoms with E-state index < -0.39 is 5.91 Å². The number of rotatable bonds is 3. The van der Waals surface area contributed by atoms with Crippen LogP contribution in [0.5, 0.6) is 0 Å². The molecule has 5 N–H and O–H groups in total. The summed E-state index contributed by atoms with van der Waals surface area (Å²) in [6, 6.07) is 7.20. The van der Waals surface area contributed by atoms with E-state index in [0.29, 0.717) is 22.6 Å². The van der Waals surface area contributed by atoms with Crippen LogP contribution in [0.4, 0.5) is 5.82 Å². The maximum absolute atomic E-state index is 11.9. The van der Waals surface area contributed by atoms with E-state index in [9.17, 15) is 4.79 Å². The number of hydrogen-bond acceptors (Lipinski definition) is 5. The molecule has 1 aliphatic rings. The van der Waals surface area contributed by atoms with Crippen molar-refractivity contribution in [1.29, 1.82) is 0 Å². The van der Waals surface area contributed by atoms with Crippen molar-refractivity contribution >= 4 is 17.2 Å². The maximum atomic E-state index is 11.9. The SMILES string of the molecule is NC(=O)c1ccccc1-c1nc(C2CCCNC2)n2ccnc(N)c12. The summed E-state index contributed by atoms with van der Waals surface area (Å²) in [5.74, 6) is 1.13. The Labute approximate surface area is 145 Å². The summed E-state index contributed by atoms with van der Waals surface area (Å²) in [6.45, 7) is 1.90. The number of fused-ring (bicyclic) bond motifs is 1. The minimum Gasteiger partial charge on any atom is -0.382 e. The molecule has 1 unspecified atom stereocenters. The third-order valence-electron chi connectivity index (χ3n) is 4.72. The molecule has 0 aliphatic carbocycles. The number of aromatic nitrogens is 3. The molecule has 1 aromatic carbocycles. The smallest absolute Gasteiger partial charge is 0.249 e. The highest BCUT2D eigenvalue weighted by Gasteiger charge is 2.25. The van der Waals surface area contributed by atoms with Crippen LogP contribution in [0.25, 0.3) is 16.8 Å². The number of primary amides is 1. The van der Waals surface area contributed by atoms with E-state index in [2.05, 4.69) is 10.3 Å². The molecular weight excluding hydrogens is 316 g/mol. The molecule has 3 heterocycles. The van der Waals surface area contributed by atoms with Crippen LogP contribution < -0.4 is 16.8 Å². The van der Waals surface area contributed by atoms with E-state index in [-0.39, 0.29) is 5.92 Å². The van der Waals surface area contributed by atoms with E-state index in [1.807, 2.05) is 22.7 Å². The van der Waals surface area contributed by atoms with Crippen molar-refractivity contribution in [3.05, 3.63) is 48.0 Å². The van der Waals surface area contributed by atoms with Crippen molar-refractivity contribution in [2.24, 2.45) is 5.73 Å². The van der Waals surface area contributed by atoms with Gasteiger partial charge < -0.3 is 16.8 Å². The number of carbonyl (C=O) groups is 1. The number of amides is 1. The zero-order valence-electron chi connectivity index (χ0n) is 13.8. The first-order chi connectivity index (χ1) is 12.2. The Balaban J connectivity index is 1.97. The molecule has 0 radical (unpaired) electrons. The zero-order chi connectivity index (χ0) is 17.4. The molecule has 3 aromatic rings. The van der Waals surface area contributed by atoms with Crippen LogP contribution in [0.15, 0.2) is 36.7 Å². The quantitative estimate of drug-likeness (QED) is 0.672. The molecule has 1 amide bonds. The van der Waals surface area contributed by atoms with Gasteiger partial charge in [-0.15, -0.1) is 0 Å². The topological polar surface area (TPSA) is 111 Å². The van der Waals surface area contributed by atoms with E-state index >= 15 is 0 Å². The van der Waals surface area contributed by atoms with Gasteiger partial charge in [0.2, 0.25) is 5.91 Å². The van der Waals surface area contributed by atoms with Crippen LogP contribution in [0.2, 0.25) is 0 Å². The molecule has 7 nitrogen and oxygen atoms in total. The Bertz CT molecular complexity index is 942. The van der Waals surface area contributed by atoms with Gasteiger partial charge in [-0.05, 0) is 25.5 Å². The van der Waals surface area contributed by atoms with Gasteiger partial charge >= 0.3 is 0 Å². The zero-order valence-corrected chi connectivity index (χ0v) is 13.8. The van der Waals surface area contributed by atoms with E-state index in [0.717, 1.165) is 37.3 Å². The molecule has 7 heteroatoms. The molecule has 1 aliphatic heterocycles. The number of piperidine rings is 1. The summed E-state index contributed by atoms with van der Waals surface area (Å²) in [5, 5.41) is 3.42. The number of nitrogens with one attached hydrogen (secondary N) is 1. The Hall–Kier alpha value is -2.93. The lowest BCUT2D eigenvalue weighted by atomic mass is 9.99. The Kier molecular flexibility index (Phi) is 3.85. The van der Waals surface area contributed by atoms with Crippen LogP contribution in [0, 0.1) is 0 Å². The first kappa shape index (κ1) is 15.6. The average Bonchev–Trinajstić information content (AvgIpc) is 3.03. The average molecular weight is 336 g/mol. The van der Waals surface area contributed by atoms with Gasteiger partial charge in [0.1, 0.15) is 22.9 Å². The van der Waals surface area contributed by atoms with Gasteiger partial charge in [0.25, 0.3) is 0 Å². The number of imidazole rings is 1. The van der Waals surface area contributed by atoms with Crippen molar-refractivity contribution in [2.45, 2.75) is 18.8 Å². The summed E-state index contributed by atoms with van der Waals surface area (Å²) in [6.07, 6.45) is 5.71. The predicted molar refractivity (Wildman–Crippen MR) is 96.2 cm³/mol. The molecule has 2 aromatic heterocycles. The van der Waals surface area contributed by atoms with Gasteiger partial charge in [-0.1, -0.05) is 18.2 Å². The predicted octanol–water partition coefficient (Wildman–Crippen LogP) is 1.54. The maximum Gasteiger partial charge on any atom is 0.249 e. The Morgan fingerprint density at radius 2 is 2.16 bits per heavy atom. The fraction of sp³-hybridized carbons (Fsp3) is 0.278. The molecule has 0 bridgehead atoms. The van der Waals surface area contributed by atoms with Gasteiger partial charge in [-0.2, -0.15) is 0 Å². The fourth-order valence-corrected chi connectivity index (χ4v) is 3.54. The normalized spacial score (nSPS) is 17.7. The minimum absolute atomic E-state index is 0.289. The van der Waals surface area contributed by atoms with Crippen molar-refractivity contribution in [3.63, 3.8) is 0 Å². The summed E-state index contributed by atoms with van der Waals surface area (Å²) in [4.78, 5) is 20.9. The van der Waals surface area contributed by atoms with Gasteiger partial charge in [0.05, 0.1) is 0 Å². The van der Waals surface area contributed by atoms with Gasteiger partial charge in [-0.25, -0.2) is 9.97 Å². The number of hydrogen-bond donors (Lipinski definition) is 3. The number of anilines is 1. The van der Waals surface area contributed by atoms with Crippen LogP contribution in [-0.4, -0.2) is 33.4 Å². The van der Waals surface area contributed by atoms with E-state index in [1.54, 1.807) is 18.3 Å². The second-order valence-electron chi connectivity index (χ2n) is 6.30. The van der Waals surface area contributed by atoms with Crippen LogP contribution >= 0.6 is 0 Å². The number of benzene rings is 1. The second-order valence-corrected chi connectivity index (χ2v) is 6.30. The number of nitrogen functional groups attached to an aromatic ring is 1. The summed E-state index contributed by atoms with van der Waals surface area (Å²) in [7, 11) is 0. The molecular formula is C18H20N6O. The molecule has 1 saturated heterocycles. The van der Waals surface area contributed by atoms with Crippen LogP contribution in [0.1, 0.15) is 34.9 Å². The largest absolute Gasteiger partial charge is 0.382 e. The highest BCUT2D eigenvalue weighted by atomic mass is 16.1. The first-order valence-corrected chi connectivity index (χ1v) is 8.39. The van der Waals surface area contributed by atoms with Crippen LogP contribution in [0.3, 0.4) is 0 Å². The van der Waals surface area contributed by atoms with Gasteiger partial charge in [0, 0.05) is 36.0 Å². The van der Waals surface area contributed by atoms with E-state index in [1.165, 1.54) is 0 Å². The van der Waals surface area contributed by atoms with Crippen molar-refractivity contribution in [1.82, 2.24) is 19.7 Å². The van der Waals surface area contributed by atoms with E-state index in [4.69, 9.17) is 16.5 Å². The highest BCUT2D eigenvalue weighted by molar-refractivity contribution is 6.02. The monoisotopic (exact) mass is 336 g/mol. The van der Waals surface area contributed by atoms with Crippen LogP contribution in [-0.2, 0) is 0 Å². The first-order valence-electron chi connectivity index (χ1n) is 8.39. The molecule has 25 heavy (non-hydrogen) atoms. The van der Waals surface area contributed by atoms with Gasteiger partial charge in [-0.3, -0.25) is 9.20 Å². The Morgan fingerprint density at radius 3 is 2.92 bits per heavy atom. The number of carbonyl (C=O) groups excluding carboxylic acids is 1. The summed E-state index contributed by atoms with van der Waals surface area (Å²) < 4.78 is 1.99.